The van der Waals surface area contributed by atoms with E-state index in [1.807, 2.05) is 6.07 Å². The fourth-order valence-corrected chi connectivity index (χ4v) is 10.5. The summed E-state index contributed by atoms with van der Waals surface area (Å²) in [7, 11) is 0. The van der Waals surface area contributed by atoms with E-state index in [4.69, 9.17) is 38.4 Å². The highest BCUT2D eigenvalue weighted by Crippen LogP contribution is 2.41. The molecule has 5 heterocycles. The molecule has 2 fully saturated rings. The van der Waals surface area contributed by atoms with Gasteiger partial charge in [-0.05, 0) is 117 Å². The van der Waals surface area contributed by atoms with Gasteiger partial charge in [0.25, 0.3) is 0 Å². The first kappa shape index (κ1) is 48.3. The molecule has 2 aliphatic heterocycles. The molecule has 0 unspecified atom stereocenters. The highest BCUT2D eigenvalue weighted by molar-refractivity contribution is 6.19. The second kappa shape index (κ2) is 22.0. The molecule has 2 aliphatic rings. The number of rotatable bonds is 25. The van der Waals surface area contributed by atoms with Crippen molar-refractivity contribution in [3.8, 4) is 22.9 Å². The zero-order valence-electron chi connectivity index (χ0n) is 42.1. The van der Waals surface area contributed by atoms with Gasteiger partial charge >= 0.3 is 0 Å². The molecule has 0 saturated carbocycles. The molecular formula is C62H68N4O6. The molecule has 72 heavy (non-hydrogen) atoms. The van der Waals surface area contributed by atoms with Gasteiger partial charge in [0.1, 0.15) is 0 Å². The number of hydrogen-bond acceptors (Lipinski definition) is 8. The average Bonchev–Trinajstić information content (AvgIpc) is 3.89. The molecule has 10 nitrogen and oxygen atoms in total. The number of hydrogen-bond donors (Lipinski definition) is 0. The van der Waals surface area contributed by atoms with Crippen LogP contribution in [0.1, 0.15) is 76.3 Å². The van der Waals surface area contributed by atoms with E-state index in [9.17, 15) is 0 Å². The summed E-state index contributed by atoms with van der Waals surface area (Å²) in [5.74, 6) is 0.633. The fourth-order valence-electron chi connectivity index (χ4n) is 10.5. The lowest BCUT2D eigenvalue weighted by molar-refractivity contribution is -0.150. The molecule has 0 aliphatic carbocycles. The van der Waals surface area contributed by atoms with Crippen LogP contribution in [-0.2, 0) is 41.6 Å². The highest BCUT2D eigenvalue weighted by Gasteiger charge is 2.37. The van der Waals surface area contributed by atoms with Gasteiger partial charge in [-0.15, -0.1) is 0 Å². The van der Waals surface area contributed by atoms with Gasteiger partial charge in [-0.2, -0.15) is 0 Å². The average molecular weight is 965 g/mol. The summed E-state index contributed by atoms with van der Waals surface area (Å²) in [6, 6.07) is 47.8. The zero-order valence-corrected chi connectivity index (χ0v) is 42.1. The number of aromatic nitrogens is 4. The van der Waals surface area contributed by atoms with Crippen LogP contribution in [0.2, 0.25) is 0 Å². The van der Waals surface area contributed by atoms with E-state index in [1.54, 1.807) is 0 Å². The van der Waals surface area contributed by atoms with Crippen molar-refractivity contribution in [2.45, 2.75) is 78.4 Å². The van der Waals surface area contributed by atoms with Gasteiger partial charge in [0.15, 0.2) is 0 Å². The molecule has 9 aromatic rings. The van der Waals surface area contributed by atoms with Crippen molar-refractivity contribution in [2.24, 2.45) is 10.8 Å². The second-order valence-corrected chi connectivity index (χ2v) is 20.4. The van der Waals surface area contributed by atoms with Crippen LogP contribution in [-0.4, -0.2) is 85.2 Å². The summed E-state index contributed by atoms with van der Waals surface area (Å²) >= 11 is 0. The van der Waals surface area contributed by atoms with Crippen LogP contribution in [0.3, 0.4) is 0 Å². The Morgan fingerprint density at radius 3 is 1.51 bits per heavy atom. The minimum Gasteiger partial charge on any atom is -0.381 e. The molecular weight excluding hydrogens is 897 g/mol. The zero-order chi connectivity index (χ0) is 48.7. The van der Waals surface area contributed by atoms with Gasteiger partial charge in [0, 0.05) is 75.4 Å². The second-order valence-electron chi connectivity index (χ2n) is 20.4. The molecule has 0 bridgehead atoms. The summed E-state index contributed by atoms with van der Waals surface area (Å²) in [6.07, 6.45) is 8.46. The normalized spacial score (nSPS) is 15.2. The van der Waals surface area contributed by atoms with Crippen LogP contribution in [0.4, 0.5) is 0 Å². The molecule has 0 N–H and O–H groups in total. The van der Waals surface area contributed by atoms with Gasteiger partial charge in [0.05, 0.1) is 86.1 Å². The third-order valence-corrected chi connectivity index (χ3v) is 15.3. The van der Waals surface area contributed by atoms with Crippen molar-refractivity contribution < 1.29 is 28.4 Å². The maximum atomic E-state index is 6.36. The Bertz CT molecular complexity index is 3260. The molecule has 0 spiro atoms. The third-order valence-electron chi connectivity index (χ3n) is 15.3. The van der Waals surface area contributed by atoms with Gasteiger partial charge in [0.2, 0.25) is 5.95 Å². The smallest absolute Gasteiger partial charge is 0.235 e. The van der Waals surface area contributed by atoms with E-state index in [0.29, 0.717) is 25.8 Å². The van der Waals surface area contributed by atoms with Gasteiger partial charge in [-0.3, -0.25) is 4.57 Å². The number of unbranched alkanes of at least 4 members (excludes halogenated alkanes) is 4. The van der Waals surface area contributed by atoms with Crippen molar-refractivity contribution in [3.05, 3.63) is 145 Å². The summed E-state index contributed by atoms with van der Waals surface area (Å²) in [4.78, 5) is 10.8. The van der Waals surface area contributed by atoms with E-state index < -0.39 is 0 Å². The number of para-hydroxylation sites is 2. The van der Waals surface area contributed by atoms with Crippen LogP contribution < -0.4 is 0 Å². The van der Waals surface area contributed by atoms with Crippen LogP contribution in [0.5, 0.6) is 0 Å². The number of fused-ring (bicyclic) bond motifs is 7. The lowest BCUT2D eigenvalue weighted by atomic mass is 9.84. The Balaban J connectivity index is 0.903. The third kappa shape index (κ3) is 10.1. The lowest BCUT2D eigenvalue weighted by Gasteiger charge is -2.40. The predicted octanol–water partition coefficient (Wildman–Crippen LogP) is 13.8. The summed E-state index contributed by atoms with van der Waals surface area (Å²) < 4.78 is 40.4. The van der Waals surface area contributed by atoms with Crippen LogP contribution in [0.25, 0.3) is 77.4 Å². The number of ether oxygens (including phenoxy) is 6. The number of benzene rings is 6. The predicted molar refractivity (Wildman–Crippen MR) is 289 cm³/mol. The molecule has 372 valence electrons. The lowest BCUT2D eigenvalue weighted by Crippen LogP contribution is -2.45. The first-order valence-electron chi connectivity index (χ1n) is 26.4. The van der Waals surface area contributed by atoms with Crippen LogP contribution in [0.15, 0.2) is 133 Å². The molecule has 6 aromatic carbocycles. The van der Waals surface area contributed by atoms with Crippen molar-refractivity contribution in [1.82, 2.24) is 19.1 Å². The first-order valence-corrected chi connectivity index (χ1v) is 26.4. The summed E-state index contributed by atoms with van der Waals surface area (Å²) in [6.45, 7) is 13.5. The molecule has 0 amide bonds. The summed E-state index contributed by atoms with van der Waals surface area (Å²) in [5.41, 5.74) is 11.1. The van der Waals surface area contributed by atoms with E-state index in [1.165, 1.54) is 10.8 Å². The Labute approximate surface area is 423 Å². The van der Waals surface area contributed by atoms with E-state index in [2.05, 4.69) is 150 Å². The van der Waals surface area contributed by atoms with Gasteiger partial charge in [-0.25, -0.2) is 9.97 Å². The topological polar surface area (TPSA) is 91.0 Å². The van der Waals surface area contributed by atoms with Crippen molar-refractivity contribution in [3.63, 3.8) is 0 Å². The van der Waals surface area contributed by atoms with E-state index in [-0.39, 0.29) is 10.8 Å². The molecule has 2 saturated heterocycles. The highest BCUT2D eigenvalue weighted by atomic mass is 16.5. The molecule has 10 heteroatoms. The molecule has 0 atom stereocenters. The largest absolute Gasteiger partial charge is 0.381 e. The quantitative estimate of drug-likeness (QED) is 0.0523. The van der Waals surface area contributed by atoms with Gasteiger partial charge < -0.3 is 33.0 Å². The standard InChI is InChI=1S/C62H68N4O6/c1-3-61(41-71-42-61)39-69-31-17-7-15-29-67-37-45-25-27-55-50(33-45)52-35-53-51-34-46(38-68-30-16-8-18-32-70-40-62(4-2)43-72-44-62)26-28-56(51)66(58(53)36-57(52)65(55)48-21-11-6-12-22-48)60-63-54-24-14-13-23-49(54)59(64-60)47-19-9-5-10-20-47/h5-6,9-14,19-28,33-36H,3-4,7-8,15-18,29-32,37-44H2,1-2H3. The number of nitrogens with zero attached hydrogens (tertiary/aromatic N) is 4. The Morgan fingerprint density at radius 1 is 0.458 bits per heavy atom. The van der Waals surface area contributed by atoms with Crippen molar-refractivity contribution in [2.75, 3.05) is 66.1 Å². The van der Waals surface area contributed by atoms with E-state index in [0.717, 1.165) is 183 Å². The maximum absolute atomic E-state index is 6.36. The Kier molecular flexibility index (Phi) is 14.8. The first-order chi connectivity index (χ1) is 35.5. The fraction of sp³-hybridized carbons (Fsp3) is 0.387. The Hall–Kier alpha value is -5.98. The molecule has 11 rings (SSSR count). The maximum Gasteiger partial charge on any atom is 0.235 e. The van der Waals surface area contributed by atoms with Crippen molar-refractivity contribution in [1.29, 1.82) is 0 Å². The molecule has 3 aromatic heterocycles. The van der Waals surface area contributed by atoms with E-state index >= 15 is 0 Å². The SMILES string of the molecule is CCC1(COCCCCCOCc2ccc3c(c2)c2cc4c5cc(COCCCCCOCC6(CC)COC6)ccc5n(-c5nc(-c6ccccc6)c6ccccc6n5)c4cc2n3-c2ccccc2)COC1. The van der Waals surface area contributed by atoms with Gasteiger partial charge in [-0.1, -0.05) is 92.7 Å². The van der Waals surface area contributed by atoms with Crippen LogP contribution in [0, 0.1) is 10.8 Å². The van der Waals surface area contributed by atoms with Crippen molar-refractivity contribution >= 4 is 54.5 Å². The monoisotopic (exact) mass is 965 g/mol. The minimum absolute atomic E-state index is 0.233. The summed E-state index contributed by atoms with van der Waals surface area (Å²) in [5, 5.41) is 5.67. The minimum atomic E-state index is 0.233. The molecule has 0 radical (unpaired) electrons. The Morgan fingerprint density at radius 2 is 0.958 bits per heavy atom. The van der Waals surface area contributed by atoms with Crippen LogP contribution >= 0.6 is 0 Å².